The van der Waals surface area contributed by atoms with Gasteiger partial charge in [0, 0.05) is 24.8 Å². The van der Waals surface area contributed by atoms with Crippen LogP contribution in [-0.4, -0.2) is 24.9 Å². The van der Waals surface area contributed by atoms with Gasteiger partial charge in [0.25, 0.3) is 0 Å². The second-order valence-corrected chi connectivity index (χ2v) is 5.87. The van der Waals surface area contributed by atoms with Crippen molar-refractivity contribution in [3.05, 3.63) is 59.7 Å². The summed E-state index contributed by atoms with van der Waals surface area (Å²) in [6.45, 7) is 7.97. The van der Waals surface area contributed by atoms with E-state index in [4.69, 9.17) is 0 Å². The van der Waals surface area contributed by atoms with Crippen LogP contribution in [0.2, 0.25) is 0 Å². The zero-order chi connectivity index (χ0) is 17.7. The number of hydrogen-bond acceptors (Lipinski definition) is 2. The fraction of sp³-hybridized carbons (Fsp3) is 0.300. The Kier molecular flexibility index (Phi) is 5.74. The Bertz CT molecular complexity index is 726. The van der Waals surface area contributed by atoms with Crippen molar-refractivity contribution in [2.24, 2.45) is 0 Å². The third kappa shape index (κ3) is 4.02. The predicted octanol–water partition coefficient (Wildman–Crippen LogP) is 3.71. The summed E-state index contributed by atoms with van der Waals surface area (Å²) in [7, 11) is 0. The summed E-state index contributed by atoms with van der Waals surface area (Å²) in [6.07, 6.45) is 0. The van der Waals surface area contributed by atoms with Gasteiger partial charge in [-0.05, 0) is 44.5 Å². The standard InChI is InChI=1S/C20H24N2O2/c1-5-21(18-9-7-6-8-10-18)20(24)14-22(17(4)23)19-12-11-15(2)13-16(19)3/h6-13H,5,14H2,1-4H3. The highest BCUT2D eigenvalue weighted by Crippen LogP contribution is 2.22. The molecule has 0 aliphatic rings. The van der Waals surface area contributed by atoms with E-state index in [1.165, 1.54) is 6.92 Å². The SMILES string of the molecule is CCN(C(=O)CN(C(C)=O)c1ccc(C)cc1C)c1ccccc1. The molecule has 0 aliphatic heterocycles. The lowest BCUT2D eigenvalue weighted by atomic mass is 10.1. The molecule has 4 nitrogen and oxygen atoms in total. The highest BCUT2D eigenvalue weighted by Gasteiger charge is 2.21. The number of carbonyl (C=O) groups excluding carboxylic acids is 2. The van der Waals surface area contributed by atoms with Crippen molar-refractivity contribution in [3.63, 3.8) is 0 Å². The van der Waals surface area contributed by atoms with Crippen molar-refractivity contribution in [2.75, 3.05) is 22.9 Å². The summed E-state index contributed by atoms with van der Waals surface area (Å²) in [5.74, 6) is -0.238. The molecule has 2 rings (SSSR count). The maximum atomic E-state index is 12.8. The Hall–Kier alpha value is -2.62. The minimum Gasteiger partial charge on any atom is -0.311 e. The number of amides is 2. The molecular formula is C20H24N2O2. The lowest BCUT2D eigenvalue weighted by molar-refractivity contribution is -0.121. The summed E-state index contributed by atoms with van der Waals surface area (Å²) in [5.41, 5.74) is 3.74. The van der Waals surface area contributed by atoms with E-state index < -0.39 is 0 Å². The number of likely N-dealkylation sites (N-methyl/N-ethyl adjacent to an activating group) is 1. The van der Waals surface area contributed by atoms with Crippen LogP contribution in [0.25, 0.3) is 0 Å². The Balaban J connectivity index is 2.27. The molecule has 0 atom stereocenters. The summed E-state index contributed by atoms with van der Waals surface area (Å²) < 4.78 is 0. The van der Waals surface area contributed by atoms with E-state index in [0.717, 1.165) is 22.5 Å². The maximum absolute atomic E-state index is 12.8. The van der Waals surface area contributed by atoms with Gasteiger partial charge in [-0.15, -0.1) is 0 Å². The molecular weight excluding hydrogens is 300 g/mol. The molecule has 2 amide bonds. The van der Waals surface area contributed by atoms with Crippen LogP contribution in [0.1, 0.15) is 25.0 Å². The van der Waals surface area contributed by atoms with Gasteiger partial charge >= 0.3 is 0 Å². The third-order valence-electron chi connectivity index (χ3n) is 4.00. The normalized spacial score (nSPS) is 10.3. The minimum absolute atomic E-state index is 0.0297. The first-order valence-electron chi connectivity index (χ1n) is 8.14. The van der Waals surface area contributed by atoms with E-state index in [0.29, 0.717) is 6.54 Å². The molecule has 2 aromatic carbocycles. The van der Waals surface area contributed by atoms with Gasteiger partial charge in [0.15, 0.2) is 0 Å². The van der Waals surface area contributed by atoms with Crippen molar-refractivity contribution in [2.45, 2.75) is 27.7 Å². The monoisotopic (exact) mass is 324 g/mol. The molecule has 126 valence electrons. The van der Waals surface area contributed by atoms with Crippen LogP contribution in [-0.2, 0) is 9.59 Å². The smallest absolute Gasteiger partial charge is 0.247 e. The highest BCUT2D eigenvalue weighted by molar-refractivity contribution is 6.03. The van der Waals surface area contributed by atoms with Crippen LogP contribution < -0.4 is 9.80 Å². The second-order valence-electron chi connectivity index (χ2n) is 5.87. The number of hydrogen-bond donors (Lipinski definition) is 0. The number of para-hydroxylation sites is 1. The number of rotatable bonds is 5. The molecule has 0 bridgehead atoms. The molecule has 0 aliphatic carbocycles. The largest absolute Gasteiger partial charge is 0.311 e. The summed E-state index contributed by atoms with van der Waals surface area (Å²) >= 11 is 0. The number of benzene rings is 2. The second kappa shape index (κ2) is 7.77. The Morgan fingerprint density at radius 1 is 0.958 bits per heavy atom. The van der Waals surface area contributed by atoms with E-state index in [1.54, 1.807) is 9.80 Å². The van der Waals surface area contributed by atoms with Crippen molar-refractivity contribution < 1.29 is 9.59 Å². The average Bonchev–Trinajstić information content (AvgIpc) is 2.55. The summed E-state index contributed by atoms with van der Waals surface area (Å²) in [6, 6.07) is 15.4. The number of aryl methyl sites for hydroxylation is 2. The van der Waals surface area contributed by atoms with Crippen LogP contribution in [0, 0.1) is 13.8 Å². The van der Waals surface area contributed by atoms with Gasteiger partial charge in [-0.1, -0.05) is 35.9 Å². The summed E-state index contributed by atoms with van der Waals surface area (Å²) in [5, 5.41) is 0. The molecule has 0 heterocycles. The first-order chi connectivity index (χ1) is 11.4. The first-order valence-corrected chi connectivity index (χ1v) is 8.14. The molecule has 0 unspecified atom stereocenters. The molecule has 0 saturated carbocycles. The average molecular weight is 324 g/mol. The molecule has 0 saturated heterocycles. The van der Waals surface area contributed by atoms with E-state index >= 15 is 0 Å². The van der Waals surface area contributed by atoms with E-state index in [-0.39, 0.29) is 18.4 Å². The van der Waals surface area contributed by atoms with Crippen molar-refractivity contribution in [3.8, 4) is 0 Å². The molecule has 0 fully saturated rings. The third-order valence-corrected chi connectivity index (χ3v) is 4.00. The number of nitrogens with zero attached hydrogens (tertiary/aromatic N) is 2. The fourth-order valence-corrected chi connectivity index (χ4v) is 2.81. The van der Waals surface area contributed by atoms with Crippen LogP contribution in [0.5, 0.6) is 0 Å². The molecule has 4 heteroatoms. The van der Waals surface area contributed by atoms with Gasteiger partial charge < -0.3 is 9.80 Å². The quantitative estimate of drug-likeness (QED) is 0.841. The molecule has 0 aromatic heterocycles. The highest BCUT2D eigenvalue weighted by atomic mass is 16.2. The number of carbonyl (C=O) groups is 2. The topological polar surface area (TPSA) is 40.6 Å². The molecule has 0 spiro atoms. The lowest BCUT2D eigenvalue weighted by Gasteiger charge is -2.27. The molecule has 0 radical (unpaired) electrons. The molecule has 2 aromatic rings. The van der Waals surface area contributed by atoms with Gasteiger partial charge in [-0.2, -0.15) is 0 Å². The predicted molar refractivity (Wildman–Crippen MR) is 98.4 cm³/mol. The van der Waals surface area contributed by atoms with E-state index in [2.05, 4.69) is 0 Å². The van der Waals surface area contributed by atoms with Gasteiger partial charge in [0.2, 0.25) is 11.8 Å². The molecule has 0 N–H and O–H groups in total. The first kappa shape index (κ1) is 17.7. The van der Waals surface area contributed by atoms with Gasteiger partial charge in [0.05, 0.1) is 0 Å². The van der Waals surface area contributed by atoms with Crippen LogP contribution >= 0.6 is 0 Å². The van der Waals surface area contributed by atoms with Crippen molar-refractivity contribution in [1.29, 1.82) is 0 Å². The van der Waals surface area contributed by atoms with E-state index in [9.17, 15) is 9.59 Å². The molecule has 24 heavy (non-hydrogen) atoms. The fourth-order valence-electron chi connectivity index (χ4n) is 2.81. The Morgan fingerprint density at radius 3 is 2.17 bits per heavy atom. The Labute approximate surface area is 143 Å². The van der Waals surface area contributed by atoms with Gasteiger partial charge in [-0.25, -0.2) is 0 Å². The lowest BCUT2D eigenvalue weighted by Crippen LogP contribution is -2.42. The maximum Gasteiger partial charge on any atom is 0.247 e. The van der Waals surface area contributed by atoms with Crippen LogP contribution in [0.4, 0.5) is 11.4 Å². The zero-order valence-corrected chi connectivity index (χ0v) is 14.7. The zero-order valence-electron chi connectivity index (χ0n) is 14.7. The van der Waals surface area contributed by atoms with Gasteiger partial charge in [0.1, 0.15) is 6.54 Å². The number of anilines is 2. The Morgan fingerprint density at radius 2 is 1.62 bits per heavy atom. The summed E-state index contributed by atoms with van der Waals surface area (Å²) in [4.78, 5) is 28.1. The van der Waals surface area contributed by atoms with Crippen LogP contribution in [0.3, 0.4) is 0 Å². The van der Waals surface area contributed by atoms with E-state index in [1.807, 2.05) is 69.3 Å². The van der Waals surface area contributed by atoms with Crippen LogP contribution in [0.15, 0.2) is 48.5 Å². The van der Waals surface area contributed by atoms with Crippen molar-refractivity contribution in [1.82, 2.24) is 0 Å². The van der Waals surface area contributed by atoms with Crippen molar-refractivity contribution >= 4 is 23.2 Å². The minimum atomic E-state index is -0.139. The van der Waals surface area contributed by atoms with Gasteiger partial charge in [-0.3, -0.25) is 9.59 Å².